The van der Waals surface area contributed by atoms with E-state index in [2.05, 4.69) is 25.7 Å². The van der Waals surface area contributed by atoms with Crippen LogP contribution in [0, 0.1) is 5.92 Å². The summed E-state index contributed by atoms with van der Waals surface area (Å²) >= 11 is 0. The summed E-state index contributed by atoms with van der Waals surface area (Å²) in [6.07, 6.45) is 0. The maximum atomic E-state index is 11.6. The second-order valence-corrected chi connectivity index (χ2v) is 5.04. The molecule has 0 aromatic rings. The highest BCUT2D eigenvalue weighted by Crippen LogP contribution is 2.12. The van der Waals surface area contributed by atoms with Gasteiger partial charge in [0.05, 0.1) is 6.61 Å². The molecule has 96 valence electrons. The largest absolute Gasteiger partial charge is 0.465 e. The lowest BCUT2D eigenvalue weighted by Gasteiger charge is -2.33. The predicted molar refractivity (Wildman–Crippen MR) is 66.2 cm³/mol. The molecule has 0 aliphatic carbocycles. The van der Waals surface area contributed by atoms with Gasteiger partial charge in [-0.1, -0.05) is 13.8 Å². The van der Waals surface area contributed by atoms with Gasteiger partial charge in [0.1, 0.15) is 5.54 Å². The third-order valence-corrected chi connectivity index (χ3v) is 2.98. The number of nitrogens with zero attached hydrogens (tertiary/aromatic N) is 1. The first kappa shape index (κ1) is 15.4. The average molecular weight is 230 g/mol. The summed E-state index contributed by atoms with van der Waals surface area (Å²) in [5, 5.41) is 0. The zero-order chi connectivity index (χ0) is 12.9. The van der Waals surface area contributed by atoms with Gasteiger partial charge in [0, 0.05) is 12.6 Å². The molecule has 0 aromatic carbocycles. The molecule has 0 saturated heterocycles. The van der Waals surface area contributed by atoms with Crippen molar-refractivity contribution in [1.29, 1.82) is 0 Å². The molecule has 16 heavy (non-hydrogen) atoms. The number of hydrogen-bond acceptors (Lipinski definition) is 4. The zero-order valence-corrected chi connectivity index (χ0v) is 11.4. The van der Waals surface area contributed by atoms with Crippen LogP contribution in [0.2, 0.25) is 0 Å². The minimum atomic E-state index is -0.937. The number of carbonyl (C=O) groups excluding carboxylic acids is 1. The molecular weight excluding hydrogens is 204 g/mol. The first-order valence-electron chi connectivity index (χ1n) is 5.88. The van der Waals surface area contributed by atoms with Crippen molar-refractivity contribution in [2.75, 3.05) is 20.2 Å². The number of nitrogens with two attached hydrogens (primary N) is 1. The lowest BCUT2D eigenvalue weighted by Crippen LogP contribution is -2.55. The van der Waals surface area contributed by atoms with E-state index in [1.165, 1.54) is 0 Å². The first-order chi connectivity index (χ1) is 7.22. The number of hydrogen-bond donors (Lipinski definition) is 1. The van der Waals surface area contributed by atoms with Crippen molar-refractivity contribution in [3.8, 4) is 0 Å². The molecule has 0 aliphatic rings. The van der Waals surface area contributed by atoms with Crippen LogP contribution in [0.1, 0.15) is 34.6 Å². The molecule has 0 saturated carbocycles. The normalized spacial score (nSPS) is 17.3. The molecular formula is C12H26N2O2. The fourth-order valence-corrected chi connectivity index (χ4v) is 1.53. The van der Waals surface area contributed by atoms with Gasteiger partial charge in [0.2, 0.25) is 0 Å². The smallest absolute Gasteiger partial charge is 0.327 e. The Hall–Kier alpha value is -0.610. The average Bonchev–Trinajstić information content (AvgIpc) is 2.16. The molecule has 2 atom stereocenters. The highest BCUT2D eigenvalue weighted by molar-refractivity contribution is 5.80. The third kappa shape index (κ3) is 4.49. The van der Waals surface area contributed by atoms with Gasteiger partial charge in [-0.3, -0.25) is 4.79 Å². The van der Waals surface area contributed by atoms with E-state index in [4.69, 9.17) is 10.5 Å². The van der Waals surface area contributed by atoms with Gasteiger partial charge in [0.25, 0.3) is 0 Å². The number of carbonyl (C=O) groups is 1. The number of ether oxygens (including phenoxy) is 1. The minimum absolute atomic E-state index is 0.335. The summed E-state index contributed by atoms with van der Waals surface area (Å²) in [6, 6.07) is 0.386. The van der Waals surface area contributed by atoms with Gasteiger partial charge in [-0.15, -0.1) is 0 Å². The maximum Gasteiger partial charge on any atom is 0.327 e. The van der Waals surface area contributed by atoms with Gasteiger partial charge in [-0.05, 0) is 33.7 Å². The molecule has 4 nitrogen and oxygen atoms in total. The SMILES string of the molecule is CCOC(=O)C(C)(N)CN(C)C(C)C(C)C. The summed E-state index contributed by atoms with van der Waals surface area (Å²) in [6.45, 7) is 10.8. The Balaban J connectivity index is 4.40. The van der Waals surface area contributed by atoms with Gasteiger partial charge in [-0.25, -0.2) is 0 Å². The quantitative estimate of drug-likeness (QED) is 0.698. The summed E-state index contributed by atoms with van der Waals surface area (Å²) in [7, 11) is 1.98. The Labute approximate surface area is 99.1 Å². The second-order valence-electron chi connectivity index (χ2n) is 5.04. The molecule has 2 unspecified atom stereocenters. The van der Waals surface area contributed by atoms with E-state index in [1.807, 2.05) is 7.05 Å². The summed E-state index contributed by atoms with van der Waals surface area (Å²) in [4.78, 5) is 13.7. The Morgan fingerprint density at radius 2 is 1.94 bits per heavy atom. The summed E-state index contributed by atoms with van der Waals surface area (Å²) < 4.78 is 4.96. The van der Waals surface area contributed by atoms with Crippen LogP contribution < -0.4 is 5.73 Å². The van der Waals surface area contributed by atoms with Gasteiger partial charge in [-0.2, -0.15) is 0 Å². The maximum absolute atomic E-state index is 11.6. The molecule has 0 rings (SSSR count). The van der Waals surface area contributed by atoms with Crippen LogP contribution in [0.5, 0.6) is 0 Å². The topological polar surface area (TPSA) is 55.6 Å². The molecule has 0 fully saturated rings. The van der Waals surface area contributed by atoms with Gasteiger partial charge < -0.3 is 15.4 Å². The first-order valence-corrected chi connectivity index (χ1v) is 5.88. The van der Waals surface area contributed by atoms with Crippen LogP contribution in [0.25, 0.3) is 0 Å². The molecule has 0 radical (unpaired) electrons. The highest BCUT2D eigenvalue weighted by atomic mass is 16.5. The zero-order valence-electron chi connectivity index (χ0n) is 11.4. The molecule has 2 N–H and O–H groups in total. The highest BCUT2D eigenvalue weighted by Gasteiger charge is 2.32. The van der Waals surface area contributed by atoms with Crippen LogP contribution >= 0.6 is 0 Å². The molecule has 0 spiro atoms. The van der Waals surface area contributed by atoms with Crippen LogP contribution in [0.15, 0.2) is 0 Å². The lowest BCUT2D eigenvalue weighted by atomic mass is 9.99. The number of likely N-dealkylation sites (N-methyl/N-ethyl adjacent to an activating group) is 1. The Bertz CT molecular complexity index is 227. The van der Waals surface area contributed by atoms with Crippen molar-refractivity contribution in [2.24, 2.45) is 11.7 Å². The van der Waals surface area contributed by atoms with Crippen LogP contribution in [-0.2, 0) is 9.53 Å². The van der Waals surface area contributed by atoms with Gasteiger partial charge >= 0.3 is 5.97 Å². The fourth-order valence-electron chi connectivity index (χ4n) is 1.53. The fraction of sp³-hybridized carbons (Fsp3) is 0.917. The molecule has 4 heteroatoms. The van der Waals surface area contributed by atoms with E-state index >= 15 is 0 Å². The monoisotopic (exact) mass is 230 g/mol. The Morgan fingerprint density at radius 3 is 2.31 bits per heavy atom. The van der Waals surface area contributed by atoms with E-state index in [9.17, 15) is 4.79 Å². The van der Waals surface area contributed by atoms with Crippen molar-refractivity contribution in [1.82, 2.24) is 4.90 Å². The molecule has 0 heterocycles. The van der Waals surface area contributed by atoms with E-state index in [0.717, 1.165) is 0 Å². The van der Waals surface area contributed by atoms with E-state index in [0.29, 0.717) is 25.1 Å². The second kappa shape index (κ2) is 6.21. The van der Waals surface area contributed by atoms with Crippen molar-refractivity contribution < 1.29 is 9.53 Å². The lowest BCUT2D eigenvalue weighted by molar-refractivity contribution is -0.149. The summed E-state index contributed by atoms with van der Waals surface area (Å²) in [5.41, 5.74) is 5.03. The van der Waals surface area contributed by atoms with Crippen LogP contribution in [-0.4, -0.2) is 42.6 Å². The predicted octanol–water partition coefficient (Wildman–Crippen LogP) is 1.24. The van der Waals surface area contributed by atoms with Crippen molar-refractivity contribution in [3.05, 3.63) is 0 Å². The third-order valence-electron chi connectivity index (χ3n) is 2.98. The van der Waals surface area contributed by atoms with Crippen LogP contribution in [0.3, 0.4) is 0 Å². The van der Waals surface area contributed by atoms with E-state index in [1.54, 1.807) is 13.8 Å². The molecule has 0 aliphatic heterocycles. The molecule has 0 amide bonds. The van der Waals surface area contributed by atoms with E-state index in [-0.39, 0.29) is 5.97 Å². The van der Waals surface area contributed by atoms with Crippen molar-refractivity contribution in [2.45, 2.75) is 46.2 Å². The summed E-state index contributed by atoms with van der Waals surface area (Å²) in [5.74, 6) is 0.195. The van der Waals surface area contributed by atoms with Crippen LogP contribution in [0.4, 0.5) is 0 Å². The van der Waals surface area contributed by atoms with E-state index < -0.39 is 5.54 Å². The van der Waals surface area contributed by atoms with Gasteiger partial charge in [0.15, 0.2) is 0 Å². The molecule has 0 aromatic heterocycles. The number of esters is 1. The Kier molecular flexibility index (Phi) is 5.97. The number of rotatable bonds is 6. The Morgan fingerprint density at radius 1 is 1.44 bits per heavy atom. The molecule has 0 bridgehead atoms. The minimum Gasteiger partial charge on any atom is -0.465 e. The standard InChI is InChI=1S/C12H26N2O2/c1-7-16-11(15)12(5,13)8-14(6)10(4)9(2)3/h9-10H,7-8,13H2,1-6H3. The van der Waals surface area contributed by atoms with Crippen molar-refractivity contribution in [3.63, 3.8) is 0 Å². The van der Waals surface area contributed by atoms with Crippen molar-refractivity contribution >= 4 is 5.97 Å².